The smallest absolute Gasteiger partial charge is 0.193 e. The molecule has 0 amide bonds. The fraction of sp³-hybridized carbons (Fsp3) is 0.778. The third-order valence-corrected chi connectivity index (χ3v) is 5.97. The molecule has 0 radical (unpaired) electrons. The predicted octanol–water partition coefficient (Wildman–Crippen LogP) is 2.59. The van der Waals surface area contributed by atoms with Gasteiger partial charge in [0.1, 0.15) is 11.1 Å². The third-order valence-electron chi connectivity index (χ3n) is 4.92. The number of aliphatic imine (C=N–C) groups is 1. The molecule has 7 heteroatoms. The zero-order valence-corrected chi connectivity index (χ0v) is 17.1. The van der Waals surface area contributed by atoms with Gasteiger partial charge in [-0.3, -0.25) is 4.99 Å². The summed E-state index contributed by atoms with van der Waals surface area (Å²) < 4.78 is 5.34. The molecule has 0 aromatic carbocycles. The second-order valence-corrected chi connectivity index (χ2v) is 7.81. The molecule has 2 rings (SSSR count). The molecule has 6 nitrogen and oxygen atoms in total. The van der Waals surface area contributed by atoms with Crippen molar-refractivity contribution in [2.75, 3.05) is 47.9 Å². The fourth-order valence-electron chi connectivity index (χ4n) is 3.12. The van der Waals surface area contributed by atoms with Gasteiger partial charge >= 0.3 is 0 Å². The molecule has 1 aliphatic heterocycles. The molecule has 142 valence electrons. The summed E-state index contributed by atoms with van der Waals surface area (Å²) in [6.07, 6.45) is 3.89. The van der Waals surface area contributed by atoms with Crippen molar-refractivity contribution in [3.05, 3.63) is 16.1 Å². The number of hydrogen-bond donors (Lipinski definition) is 1. The Balaban J connectivity index is 1.76. The van der Waals surface area contributed by atoms with Gasteiger partial charge in [0, 0.05) is 33.1 Å². The van der Waals surface area contributed by atoms with Crippen molar-refractivity contribution < 1.29 is 4.74 Å². The highest BCUT2D eigenvalue weighted by atomic mass is 32.1. The number of likely N-dealkylation sites (tertiary alicyclic amines) is 1. The Bertz CT molecular complexity index is 539. The molecule has 1 aliphatic rings. The monoisotopic (exact) mass is 367 g/mol. The number of nitrogens with one attached hydrogen (secondary N) is 1. The largest absolute Gasteiger partial charge is 0.375 e. The Hall–Kier alpha value is -1.18. The first kappa shape index (κ1) is 20.1. The van der Waals surface area contributed by atoms with E-state index >= 15 is 0 Å². The number of hydrogen-bond acceptors (Lipinski definition) is 5. The van der Waals surface area contributed by atoms with Crippen LogP contribution < -0.4 is 5.32 Å². The Morgan fingerprint density at radius 3 is 2.88 bits per heavy atom. The van der Waals surface area contributed by atoms with Gasteiger partial charge < -0.3 is 19.9 Å². The maximum Gasteiger partial charge on any atom is 0.193 e. The maximum atomic E-state index is 5.34. The van der Waals surface area contributed by atoms with Crippen LogP contribution in [-0.4, -0.2) is 68.6 Å². The number of aromatic nitrogens is 1. The van der Waals surface area contributed by atoms with Gasteiger partial charge in [-0.2, -0.15) is 0 Å². The first-order chi connectivity index (χ1) is 12.0. The van der Waals surface area contributed by atoms with E-state index in [0.717, 1.165) is 35.7 Å². The van der Waals surface area contributed by atoms with Crippen LogP contribution in [0.15, 0.2) is 10.4 Å². The number of nitrogens with zero attached hydrogens (tertiary/aromatic N) is 4. The summed E-state index contributed by atoms with van der Waals surface area (Å²) in [5.74, 6) is 1.77. The normalized spacial score (nSPS) is 18.4. The lowest BCUT2D eigenvalue weighted by atomic mass is 9.94. The second kappa shape index (κ2) is 10.1. The van der Waals surface area contributed by atoms with Crippen LogP contribution in [0.25, 0.3) is 0 Å². The summed E-state index contributed by atoms with van der Waals surface area (Å²) in [6.45, 7) is 6.21. The van der Waals surface area contributed by atoms with Crippen LogP contribution in [0.4, 0.5) is 0 Å². The zero-order chi connectivity index (χ0) is 18.2. The molecule has 1 atom stereocenters. The van der Waals surface area contributed by atoms with E-state index in [1.54, 1.807) is 18.4 Å². The van der Waals surface area contributed by atoms with Gasteiger partial charge in [0.05, 0.1) is 12.2 Å². The molecule has 0 spiro atoms. The lowest BCUT2D eigenvalue weighted by molar-refractivity contribution is 0.119. The number of rotatable bonds is 7. The Morgan fingerprint density at radius 1 is 1.52 bits per heavy atom. The number of thiazole rings is 1. The van der Waals surface area contributed by atoms with Gasteiger partial charge in [0.15, 0.2) is 5.96 Å². The van der Waals surface area contributed by atoms with Crippen LogP contribution >= 0.6 is 11.3 Å². The lowest BCUT2D eigenvalue weighted by Gasteiger charge is -2.29. The molecule has 0 aliphatic carbocycles. The molecule has 0 bridgehead atoms. The molecule has 1 unspecified atom stereocenters. The molecule has 1 fully saturated rings. The molecule has 1 saturated heterocycles. The van der Waals surface area contributed by atoms with E-state index in [-0.39, 0.29) is 6.10 Å². The average Bonchev–Trinajstić information content (AvgIpc) is 3.08. The standard InChI is InChI=1S/C18H33N5OS/c1-14(24-5)17-21-16(13-25-17)12-23(4)18(19-2)20-9-6-15-7-10-22(3)11-8-15/h13-15H,6-12H2,1-5H3,(H,19,20). The van der Waals surface area contributed by atoms with Crippen molar-refractivity contribution in [1.82, 2.24) is 20.1 Å². The highest BCUT2D eigenvalue weighted by Crippen LogP contribution is 2.21. The lowest BCUT2D eigenvalue weighted by Crippen LogP contribution is -2.40. The molecule has 25 heavy (non-hydrogen) atoms. The number of piperidine rings is 1. The van der Waals surface area contributed by atoms with Crippen molar-refractivity contribution in [2.24, 2.45) is 10.9 Å². The molecular formula is C18H33N5OS. The van der Waals surface area contributed by atoms with E-state index < -0.39 is 0 Å². The molecule has 0 saturated carbocycles. The van der Waals surface area contributed by atoms with E-state index in [1.165, 1.54) is 32.4 Å². The van der Waals surface area contributed by atoms with Crippen LogP contribution in [-0.2, 0) is 11.3 Å². The van der Waals surface area contributed by atoms with Gasteiger partial charge in [-0.05, 0) is 52.2 Å². The SMILES string of the molecule is CN=C(NCCC1CCN(C)CC1)N(C)Cc1csc(C(C)OC)n1. The van der Waals surface area contributed by atoms with Crippen LogP contribution in [0.3, 0.4) is 0 Å². The van der Waals surface area contributed by atoms with Crippen LogP contribution in [0.1, 0.15) is 43.0 Å². The van der Waals surface area contributed by atoms with Gasteiger partial charge in [-0.15, -0.1) is 11.3 Å². The minimum Gasteiger partial charge on any atom is -0.375 e. The van der Waals surface area contributed by atoms with Crippen molar-refractivity contribution in [1.29, 1.82) is 0 Å². The summed E-state index contributed by atoms with van der Waals surface area (Å²) in [4.78, 5) is 13.6. The first-order valence-corrected chi connectivity index (χ1v) is 9.98. The number of methoxy groups -OCH3 is 1. The highest BCUT2D eigenvalue weighted by molar-refractivity contribution is 7.09. The topological polar surface area (TPSA) is 53.0 Å². The van der Waals surface area contributed by atoms with Crippen molar-refractivity contribution in [2.45, 2.75) is 38.8 Å². The summed E-state index contributed by atoms with van der Waals surface area (Å²) >= 11 is 1.65. The van der Waals surface area contributed by atoms with Crippen LogP contribution in [0, 0.1) is 5.92 Å². The number of guanidine groups is 1. The van der Waals surface area contributed by atoms with Crippen molar-refractivity contribution in [3.63, 3.8) is 0 Å². The van der Waals surface area contributed by atoms with E-state index in [1.807, 2.05) is 14.0 Å². The van der Waals surface area contributed by atoms with Gasteiger partial charge in [0.2, 0.25) is 0 Å². The Kier molecular flexibility index (Phi) is 8.12. The van der Waals surface area contributed by atoms with Gasteiger partial charge in [0.25, 0.3) is 0 Å². The Morgan fingerprint density at radius 2 is 2.24 bits per heavy atom. The van der Waals surface area contributed by atoms with E-state index in [9.17, 15) is 0 Å². The highest BCUT2D eigenvalue weighted by Gasteiger charge is 2.17. The van der Waals surface area contributed by atoms with E-state index in [2.05, 4.69) is 44.6 Å². The first-order valence-electron chi connectivity index (χ1n) is 9.11. The van der Waals surface area contributed by atoms with Gasteiger partial charge in [-0.25, -0.2) is 4.98 Å². The predicted molar refractivity (Wildman–Crippen MR) is 105 cm³/mol. The Labute approximate surface area is 156 Å². The maximum absolute atomic E-state index is 5.34. The molecule has 1 aromatic heterocycles. The zero-order valence-electron chi connectivity index (χ0n) is 16.3. The van der Waals surface area contributed by atoms with E-state index in [0.29, 0.717) is 0 Å². The molecule has 1 N–H and O–H groups in total. The van der Waals surface area contributed by atoms with Crippen molar-refractivity contribution >= 4 is 17.3 Å². The van der Waals surface area contributed by atoms with Gasteiger partial charge in [-0.1, -0.05) is 0 Å². The summed E-state index contributed by atoms with van der Waals surface area (Å²) in [5.41, 5.74) is 1.06. The van der Waals surface area contributed by atoms with Crippen LogP contribution in [0.2, 0.25) is 0 Å². The molecule has 2 heterocycles. The second-order valence-electron chi connectivity index (χ2n) is 6.92. The minimum absolute atomic E-state index is 0.0519. The molecule has 1 aromatic rings. The summed E-state index contributed by atoms with van der Waals surface area (Å²) in [7, 11) is 7.83. The minimum atomic E-state index is 0.0519. The van der Waals surface area contributed by atoms with Crippen molar-refractivity contribution in [3.8, 4) is 0 Å². The quantitative estimate of drug-likeness (QED) is 0.593. The third kappa shape index (κ3) is 6.24. The van der Waals surface area contributed by atoms with E-state index in [4.69, 9.17) is 4.74 Å². The van der Waals surface area contributed by atoms with Crippen LogP contribution in [0.5, 0.6) is 0 Å². The fourth-order valence-corrected chi connectivity index (χ4v) is 3.97. The summed E-state index contributed by atoms with van der Waals surface area (Å²) in [6, 6.07) is 0. The molecular weight excluding hydrogens is 334 g/mol. The summed E-state index contributed by atoms with van der Waals surface area (Å²) in [5, 5.41) is 6.63. The average molecular weight is 368 g/mol. The number of ether oxygens (including phenoxy) is 1.